The Morgan fingerprint density at radius 3 is 2.24 bits per heavy atom. The van der Waals surface area contributed by atoms with Gasteiger partial charge >= 0.3 is 6.18 Å². The van der Waals surface area contributed by atoms with Gasteiger partial charge in [0, 0.05) is 18.8 Å². The quantitative estimate of drug-likeness (QED) is 0.882. The van der Waals surface area contributed by atoms with Crippen molar-refractivity contribution in [3.63, 3.8) is 0 Å². The molecule has 1 saturated carbocycles. The predicted molar refractivity (Wildman–Crippen MR) is 58.9 cm³/mol. The molecule has 1 fully saturated rings. The van der Waals surface area contributed by atoms with Crippen LogP contribution >= 0.6 is 0 Å². The average Bonchev–Trinajstić information content (AvgIpc) is 2.22. The van der Waals surface area contributed by atoms with E-state index in [4.69, 9.17) is 4.74 Å². The second-order valence-corrected chi connectivity index (χ2v) is 4.25. The highest BCUT2D eigenvalue weighted by molar-refractivity contribution is 5.46. The maximum atomic E-state index is 12.3. The second-order valence-electron chi connectivity index (χ2n) is 4.25. The van der Waals surface area contributed by atoms with E-state index < -0.39 is 11.7 Å². The van der Waals surface area contributed by atoms with Gasteiger partial charge in [-0.25, -0.2) is 0 Å². The van der Waals surface area contributed by atoms with E-state index in [0.29, 0.717) is 6.04 Å². The Hall–Kier alpha value is -1.23. The summed E-state index contributed by atoms with van der Waals surface area (Å²) < 4.78 is 42.1. The number of anilines is 1. The lowest BCUT2D eigenvalue weighted by molar-refractivity contribution is -0.137. The molecule has 2 nitrogen and oxygen atoms in total. The van der Waals surface area contributed by atoms with Crippen molar-refractivity contribution in [3.8, 4) is 0 Å². The van der Waals surface area contributed by atoms with Crippen molar-refractivity contribution in [2.24, 2.45) is 0 Å². The normalized spacial score (nSPS) is 24.2. The Morgan fingerprint density at radius 1 is 1.18 bits per heavy atom. The summed E-state index contributed by atoms with van der Waals surface area (Å²) in [5.41, 5.74) is 0.101. The summed E-state index contributed by atoms with van der Waals surface area (Å²) in [5, 5.41) is 3.17. The highest BCUT2D eigenvalue weighted by Gasteiger charge is 2.31. The molecule has 1 aliphatic carbocycles. The largest absolute Gasteiger partial charge is 0.416 e. The van der Waals surface area contributed by atoms with Crippen LogP contribution in [0.3, 0.4) is 0 Å². The summed E-state index contributed by atoms with van der Waals surface area (Å²) in [4.78, 5) is 0. The van der Waals surface area contributed by atoms with Gasteiger partial charge in [-0.1, -0.05) is 0 Å². The Morgan fingerprint density at radius 2 is 1.76 bits per heavy atom. The van der Waals surface area contributed by atoms with Crippen LogP contribution in [0.2, 0.25) is 0 Å². The number of rotatable bonds is 3. The Kier molecular flexibility index (Phi) is 3.28. The first-order valence-corrected chi connectivity index (χ1v) is 5.45. The van der Waals surface area contributed by atoms with Gasteiger partial charge in [-0.15, -0.1) is 0 Å². The number of methoxy groups -OCH3 is 1. The van der Waals surface area contributed by atoms with Crippen LogP contribution in [-0.4, -0.2) is 19.3 Å². The van der Waals surface area contributed by atoms with Crippen LogP contribution < -0.4 is 5.32 Å². The van der Waals surface area contributed by atoms with Gasteiger partial charge in [-0.05, 0) is 37.1 Å². The molecule has 1 aromatic rings. The van der Waals surface area contributed by atoms with Crippen LogP contribution in [0.1, 0.15) is 18.4 Å². The zero-order valence-corrected chi connectivity index (χ0v) is 9.42. The summed E-state index contributed by atoms with van der Waals surface area (Å²) in [6.45, 7) is 0. The number of ether oxygens (including phenoxy) is 1. The monoisotopic (exact) mass is 245 g/mol. The minimum absolute atomic E-state index is 0.280. The van der Waals surface area contributed by atoms with Crippen molar-refractivity contribution in [2.75, 3.05) is 12.4 Å². The van der Waals surface area contributed by atoms with Crippen molar-refractivity contribution >= 4 is 5.69 Å². The minimum Gasteiger partial charge on any atom is -0.382 e. The molecule has 1 aromatic carbocycles. The molecular formula is C12H14F3NO. The Balaban J connectivity index is 1.91. The van der Waals surface area contributed by atoms with Gasteiger partial charge < -0.3 is 10.1 Å². The van der Waals surface area contributed by atoms with Gasteiger partial charge in [0.15, 0.2) is 0 Å². The highest BCUT2D eigenvalue weighted by Crippen LogP contribution is 2.31. The molecular weight excluding hydrogens is 231 g/mol. The zero-order valence-electron chi connectivity index (χ0n) is 9.42. The first kappa shape index (κ1) is 12.2. The smallest absolute Gasteiger partial charge is 0.382 e. The highest BCUT2D eigenvalue weighted by atomic mass is 19.4. The fourth-order valence-corrected chi connectivity index (χ4v) is 1.87. The van der Waals surface area contributed by atoms with Gasteiger partial charge in [-0.2, -0.15) is 13.2 Å². The molecule has 17 heavy (non-hydrogen) atoms. The number of alkyl halides is 3. The molecule has 2 rings (SSSR count). The van der Waals surface area contributed by atoms with Crippen molar-refractivity contribution in [2.45, 2.75) is 31.2 Å². The molecule has 0 aliphatic heterocycles. The molecule has 0 saturated heterocycles. The van der Waals surface area contributed by atoms with E-state index in [9.17, 15) is 13.2 Å². The summed E-state index contributed by atoms with van der Waals surface area (Å²) in [7, 11) is 1.67. The number of hydrogen-bond donors (Lipinski definition) is 1. The third kappa shape index (κ3) is 2.91. The van der Waals surface area contributed by atoms with E-state index in [1.807, 2.05) is 0 Å². The summed E-state index contributed by atoms with van der Waals surface area (Å²) in [5.74, 6) is 0. The third-order valence-electron chi connectivity index (χ3n) is 3.01. The lowest BCUT2D eigenvalue weighted by Crippen LogP contribution is -2.40. The van der Waals surface area contributed by atoms with Crippen LogP contribution in [-0.2, 0) is 10.9 Å². The number of nitrogens with one attached hydrogen (secondary N) is 1. The fourth-order valence-electron chi connectivity index (χ4n) is 1.87. The topological polar surface area (TPSA) is 21.3 Å². The molecule has 94 valence electrons. The van der Waals surface area contributed by atoms with Crippen LogP contribution in [0.25, 0.3) is 0 Å². The van der Waals surface area contributed by atoms with Gasteiger partial charge in [0.2, 0.25) is 0 Å². The van der Waals surface area contributed by atoms with E-state index in [2.05, 4.69) is 5.32 Å². The van der Waals surface area contributed by atoms with E-state index in [1.54, 1.807) is 7.11 Å². The average molecular weight is 245 g/mol. The molecule has 0 amide bonds. The molecule has 1 aliphatic rings. The van der Waals surface area contributed by atoms with E-state index >= 15 is 0 Å². The first-order chi connectivity index (χ1) is 7.99. The maximum Gasteiger partial charge on any atom is 0.416 e. The van der Waals surface area contributed by atoms with Crippen molar-refractivity contribution in [3.05, 3.63) is 29.8 Å². The first-order valence-electron chi connectivity index (χ1n) is 5.45. The third-order valence-corrected chi connectivity index (χ3v) is 3.01. The van der Waals surface area contributed by atoms with Crippen LogP contribution in [0.15, 0.2) is 24.3 Å². The Labute approximate surface area is 97.8 Å². The Bertz CT molecular complexity index is 368. The van der Waals surface area contributed by atoms with E-state index in [1.165, 1.54) is 12.1 Å². The molecule has 0 atom stereocenters. The maximum absolute atomic E-state index is 12.3. The molecule has 5 heteroatoms. The fraction of sp³-hybridized carbons (Fsp3) is 0.500. The summed E-state index contributed by atoms with van der Waals surface area (Å²) >= 11 is 0. The van der Waals surface area contributed by atoms with Gasteiger partial charge in [-0.3, -0.25) is 0 Å². The molecule has 0 unspecified atom stereocenters. The lowest BCUT2D eigenvalue weighted by atomic mass is 9.89. The molecule has 0 heterocycles. The van der Waals surface area contributed by atoms with Crippen molar-refractivity contribution in [1.82, 2.24) is 0 Å². The number of hydrogen-bond acceptors (Lipinski definition) is 2. The van der Waals surface area contributed by atoms with E-state index in [-0.39, 0.29) is 6.10 Å². The zero-order chi connectivity index (χ0) is 12.5. The number of halogens is 3. The van der Waals surface area contributed by atoms with Crippen molar-refractivity contribution in [1.29, 1.82) is 0 Å². The summed E-state index contributed by atoms with van der Waals surface area (Å²) in [6, 6.07) is 5.41. The standard InChI is InChI=1S/C12H14F3NO/c1-17-11-6-10(7-11)16-9-4-2-8(3-5-9)12(13,14)15/h2-5,10-11,16H,6-7H2,1H3. The van der Waals surface area contributed by atoms with Crippen LogP contribution in [0.5, 0.6) is 0 Å². The minimum atomic E-state index is -4.27. The molecule has 0 aromatic heterocycles. The number of benzene rings is 1. The van der Waals surface area contributed by atoms with Gasteiger partial charge in [0.25, 0.3) is 0 Å². The van der Waals surface area contributed by atoms with Gasteiger partial charge in [0.05, 0.1) is 11.7 Å². The predicted octanol–water partition coefficient (Wildman–Crippen LogP) is 3.29. The molecule has 1 N–H and O–H groups in total. The molecule has 0 spiro atoms. The summed E-state index contributed by atoms with van der Waals surface area (Å²) in [6.07, 6.45) is -2.19. The molecule has 0 radical (unpaired) electrons. The van der Waals surface area contributed by atoms with Crippen LogP contribution in [0.4, 0.5) is 18.9 Å². The lowest BCUT2D eigenvalue weighted by Gasteiger charge is -2.35. The van der Waals surface area contributed by atoms with E-state index in [0.717, 1.165) is 30.7 Å². The molecule has 0 bridgehead atoms. The van der Waals surface area contributed by atoms with Crippen LogP contribution in [0, 0.1) is 0 Å². The second kappa shape index (κ2) is 4.56. The van der Waals surface area contributed by atoms with Crippen molar-refractivity contribution < 1.29 is 17.9 Å². The SMILES string of the molecule is COC1CC(Nc2ccc(C(F)(F)F)cc2)C1. The van der Waals surface area contributed by atoms with Gasteiger partial charge in [0.1, 0.15) is 0 Å².